The average molecular weight is 530 g/mol. The molecule has 11 heteroatoms. The van der Waals surface area contributed by atoms with E-state index in [9.17, 15) is 19.0 Å². The fourth-order valence-corrected chi connectivity index (χ4v) is 4.23. The summed E-state index contributed by atoms with van der Waals surface area (Å²) in [7, 11) is -4.45. The fraction of sp³-hybridized carbons (Fsp3) is 0.720. The molecule has 10 nitrogen and oxygen atoms in total. The monoisotopic (exact) mass is 529 g/mol. The van der Waals surface area contributed by atoms with E-state index in [1.807, 2.05) is 0 Å². The second kappa shape index (κ2) is 20.1. The highest BCUT2D eigenvalue weighted by molar-refractivity contribution is 7.45. The predicted molar refractivity (Wildman–Crippen MR) is 135 cm³/mol. The van der Waals surface area contributed by atoms with Crippen LogP contribution in [0.25, 0.3) is 0 Å². The molecule has 1 rings (SSSR count). The quantitative estimate of drug-likeness (QED) is 0.131. The minimum absolute atomic E-state index is 0.0478. The molecule has 0 radical (unpaired) electrons. The third kappa shape index (κ3) is 17.4. The number of hydrogen-bond acceptors (Lipinski definition) is 7. The first-order valence-electron chi connectivity index (χ1n) is 13.1. The van der Waals surface area contributed by atoms with Gasteiger partial charge in [0.15, 0.2) is 18.9 Å². The minimum atomic E-state index is -4.45. The molecule has 0 aliphatic carbocycles. The second-order valence-corrected chi connectivity index (χ2v) is 10.2. The van der Waals surface area contributed by atoms with E-state index in [0.29, 0.717) is 12.1 Å². The van der Waals surface area contributed by atoms with Gasteiger partial charge >= 0.3 is 6.09 Å². The lowest BCUT2D eigenvalue weighted by molar-refractivity contribution is -0.697. The zero-order chi connectivity index (χ0) is 26.5. The number of phosphoric ester groups is 1. The summed E-state index contributed by atoms with van der Waals surface area (Å²) in [5.74, 6) is -0.540. The molecular formula is C25H44N3O7P. The van der Waals surface area contributed by atoms with Gasteiger partial charge in [-0.3, -0.25) is 9.36 Å². The van der Waals surface area contributed by atoms with Gasteiger partial charge in [-0.1, -0.05) is 71.1 Å². The van der Waals surface area contributed by atoms with Gasteiger partial charge in [-0.2, -0.15) is 0 Å². The number of nitrogens with one attached hydrogen (secondary N) is 1. The molecule has 0 aliphatic rings. The van der Waals surface area contributed by atoms with Crippen LogP contribution < -0.4 is 20.5 Å². The number of phosphoric acid groups is 1. The molecule has 1 unspecified atom stereocenters. The summed E-state index contributed by atoms with van der Waals surface area (Å²) in [5, 5.41) is 2.70. The second-order valence-electron chi connectivity index (χ2n) is 8.75. The maximum absolute atomic E-state index is 11.8. The summed E-state index contributed by atoms with van der Waals surface area (Å²) >= 11 is 0. The third-order valence-corrected chi connectivity index (χ3v) is 6.59. The Balaban J connectivity index is 1.95. The molecular weight excluding hydrogens is 485 g/mol. The maximum atomic E-state index is 11.8. The van der Waals surface area contributed by atoms with Crippen LogP contribution in [0.1, 0.15) is 94.3 Å². The number of primary amides is 1. The lowest BCUT2D eigenvalue weighted by Crippen LogP contribution is -2.35. The van der Waals surface area contributed by atoms with Gasteiger partial charge in [-0.15, -0.1) is 0 Å². The molecule has 0 fully saturated rings. The largest absolute Gasteiger partial charge is 0.756 e. The zero-order valence-corrected chi connectivity index (χ0v) is 22.6. The van der Waals surface area contributed by atoms with Crippen LogP contribution in [0.2, 0.25) is 0 Å². The van der Waals surface area contributed by atoms with Crippen molar-refractivity contribution in [3.63, 3.8) is 0 Å². The molecule has 2 amide bonds. The Hall–Kier alpha value is -2.00. The summed E-state index contributed by atoms with van der Waals surface area (Å²) in [6.45, 7) is 2.83. The van der Waals surface area contributed by atoms with E-state index < -0.39 is 19.8 Å². The number of amides is 2. The summed E-state index contributed by atoms with van der Waals surface area (Å²) in [6, 6.07) is 3.06. The van der Waals surface area contributed by atoms with Crippen LogP contribution in [-0.4, -0.2) is 38.4 Å². The number of carbonyl (C=O) groups is 2. The summed E-state index contributed by atoms with van der Waals surface area (Å²) in [6.07, 6.45) is 16.6. The number of carbonyl (C=O) groups excluding carboxylic acids is 2. The molecule has 36 heavy (non-hydrogen) atoms. The number of hydrogen-bond donors (Lipinski definition) is 2. The van der Waals surface area contributed by atoms with Gasteiger partial charge in [-0.05, 0) is 6.42 Å². The maximum Gasteiger partial charge on any atom is 0.407 e. The van der Waals surface area contributed by atoms with Gasteiger partial charge in [-0.25, -0.2) is 9.36 Å². The number of ether oxygens (including phenoxy) is 1. The van der Waals surface area contributed by atoms with Crippen LogP contribution in [0.15, 0.2) is 24.5 Å². The van der Waals surface area contributed by atoms with Gasteiger partial charge in [0.25, 0.3) is 7.82 Å². The van der Waals surface area contributed by atoms with E-state index in [1.54, 1.807) is 17.0 Å². The standard InChI is InChI=1S/C25H44N3O7P/c1-2-3-4-5-6-7-8-9-10-11-12-16-27-25(30)33-20-13-21-34-36(31,32)35-22-19-28-17-14-23(15-18-28)24(26)29/h14-15,17-18H,2-13,16,19-22H2,1H3,(H3-,26,27,29,30,31,32). The van der Waals surface area contributed by atoms with Gasteiger partial charge < -0.3 is 29.7 Å². The molecule has 1 atom stereocenters. The Morgan fingerprint density at radius 3 is 2.03 bits per heavy atom. The lowest BCUT2D eigenvalue weighted by Gasteiger charge is -2.21. The Labute approximate surface area is 215 Å². The van der Waals surface area contributed by atoms with Gasteiger partial charge in [0, 0.05) is 25.1 Å². The number of unbranched alkanes of at least 4 members (excludes halogenated alkanes) is 10. The molecule has 206 valence electrons. The average Bonchev–Trinajstić information content (AvgIpc) is 2.84. The molecule has 1 aromatic heterocycles. The highest BCUT2D eigenvalue weighted by Gasteiger charge is 2.12. The van der Waals surface area contributed by atoms with Crippen LogP contribution >= 0.6 is 7.82 Å². The number of pyridine rings is 1. The van der Waals surface area contributed by atoms with Crippen molar-refractivity contribution in [2.75, 3.05) is 26.4 Å². The highest BCUT2D eigenvalue weighted by Crippen LogP contribution is 2.37. The number of nitrogens with zero attached hydrogens (tertiary/aromatic N) is 1. The number of aromatic nitrogens is 1. The van der Waals surface area contributed by atoms with Crippen molar-refractivity contribution in [3.05, 3.63) is 30.1 Å². The topological polar surface area (TPSA) is 144 Å². The Morgan fingerprint density at radius 2 is 1.44 bits per heavy atom. The van der Waals surface area contributed by atoms with E-state index in [0.717, 1.165) is 12.8 Å². The van der Waals surface area contributed by atoms with Gasteiger partial charge in [0.05, 0.1) is 18.8 Å². The number of alkyl carbamates (subject to hydrolysis) is 1. The molecule has 0 saturated carbocycles. The van der Waals surface area contributed by atoms with E-state index in [-0.39, 0.29) is 32.8 Å². The fourth-order valence-electron chi connectivity index (χ4n) is 3.50. The molecule has 0 bridgehead atoms. The van der Waals surface area contributed by atoms with Crippen molar-refractivity contribution in [1.29, 1.82) is 0 Å². The first-order chi connectivity index (χ1) is 17.3. The Morgan fingerprint density at radius 1 is 0.889 bits per heavy atom. The molecule has 3 N–H and O–H groups in total. The van der Waals surface area contributed by atoms with Gasteiger partial charge in [0.1, 0.15) is 6.61 Å². The molecule has 1 aromatic rings. The van der Waals surface area contributed by atoms with Gasteiger partial charge in [0.2, 0.25) is 5.91 Å². The molecule has 1 heterocycles. The van der Waals surface area contributed by atoms with Crippen molar-refractivity contribution in [2.24, 2.45) is 5.73 Å². The highest BCUT2D eigenvalue weighted by atomic mass is 31.2. The van der Waals surface area contributed by atoms with Crippen LogP contribution in [0.3, 0.4) is 0 Å². The molecule has 0 aromatic carbocycles. The van der Waals surface area contributed by atoms with Crippen molar-refractivity contribution in [2.45, 2.75) is 90.5 Å². The molecule has 0 spiro atoms. The Kier molecular flexibility index (Phi) is 17.9. The van der Waals surface area contributed by atoms with Crippen LogP contribution in [0, 0.1) is 0 Å². The molecule has 0 aliphatic heterocycles. The summed E-state index contributed by atoms with van der Waals surface area (Å²) in [5.41, 5.74) is 5.53. The van der Waals surface area contributed by atoms with Crippen molar-refractivity contribution >= 4 is 19.8 Å². The first kappa shape index (κ1) is 32.0. The predicted octanol–water partition coefficient (Wildman–Crippen LogP) is 4.00. The van der Waals surface area contributed by atoms with Crippen molar-refractivity contribution in [3.8, 4) is 0 Å². The first-order valence-corrected chi connectivity index (χ1v) is 14.6. The summed E-state index contributed by atoms with van der Waals surface area (Å²) in [4.78, 5) is 34.5. The van der Waals surface area contributed by atoms with E-state index in [4.69, 9.17) is 19.5 Å². The number of nitrogens with two attached hydrogens (primary N) is 1. The smallest absolute Gasteiger partial charge is 0.407 e. The van der Waals surface area contributed by atoms with Crippen LogP contribution in [0.4, 0.5) is 4.79 Å². The van der Waals surface area contributed by atoms with Crippen molar-refractivity contribution < 1.29 is 37.4 Å². The Bertz CT molecular complexity index is 777. The van der Waals surface area contributed by atoms with Crippen molar-refractivity contribution in [1.82, 2.24) is 5.32 Å². The SMILES string of the molecule is CCCCCCCCCCCCCNC(=O)OCCCOP(=O)([O-])OCC[n+]1ccc(C(N)=O)cc1. The normalized spacial score (nSPS) is 12.7. The van der Waals surface area contributed by atoms with E-state index in [2.05, 4.69) is 12.2 Å². The molecule has 0 saturated heterocycles. The third-order valence-electron chi connectivity index (χ3n) is 5.60. The number of rotatable bonds is 22. The zero-order valence-electron chi connectivity index (χ0n) is 21.7. The lowest BCUT2D eigenvalue weighted by atomic mass is 10.1. The van der Waals surface area contributed by atoms with Crippen LogP contribution in [-0.2, 0) is 24.9 Å². The minimum Gasteiger partial charge on any atom is -0.756 e. The summed E-state index contributed by atoms with van der Waals surface area (Å²) < 4.78 is 28.0. The van der Waals surface area contributed by atoms with E-state index in [1.165, 1.54) is 69.9 Å². The van der Waals surface area contributed by atoms with Crippen LogP contribution in [0.5, 0.6) is 0 Å². The van der Waals surface area contributed by atoms with E-state index >= 15 is 0 Å².